The number of aliphatic carboxylic acids is 2. The minimum atomic E-state index is -1.58. The van der Waals surface area contributed by atoms with Crippen molar-refractivity contribution in [3.63, 3.8) is 0 Å². The first-order valence-corrected chi connectivity index (χ1v) is 9.68. The maximum Gasteiger partial charge on any atom is 2.00 e. The number of rotatable bonds is 9. The van der Waals surface area contributed by atoms with Gasteiger partial charge in [0, 0.05) is 30.3 Å². The predicted molar refractivity (Wildman–Crippen MR) is 116 cm³/mol. The van der Waals surface area contributed by atoms with E-state index < -0.39 is 30.3 Å². The molecule has 170 valence electrons. The van der Waals surface area contributed by atoms with Crippen LogP contribution in [-0.2, 0) is 9.59 Å². The molecule has 33 heavy (non-hydrogen) atoms. The zero-order valence-electron chi connectivity index (χ0n) is 17.5. The maximum absolute atomic E-state index is 12.2. The van der Waals surface area contributed by atoms with Crippen molar-refractivity contribution >= 4 is 78.7 Å². The van der Waals surface area contributed by atoms with Crippen LogP contribution in [0.3, 0.4) is 0 Å². The van der Waals surface area contributed by atoms with E-state index in [4.69, 9.17) is 5.73 Å². The van der Waals surface area contributed by atoms with Crippen LogP contribution in [0.1, 0.15) is 23.2 Å². The first kappa shape index (κ1) is 26.2. The van der Waals surface area contributed by atoms with Gasteiger partial charge in [-0.3, -0.25) is 14.6 Å². The number of aromatic nitrogens is 2. The number of carbonyl (C=O) groups is 3. The Morgan fingerprint density at radius 3 is 2.55 bits per heavy atom. The standard InChI is InChI=1S/C19H23N7O6.Ca/c20-19-25-15-14(17(30)26-19)23-11(8-22-15)7-21-10-3-1-9(2-4-10)16(29)24-12(18(31)32)5-6-13(27)28;/h1-4,11-12,21,23H,5-8H2,(H,24,29)(H,27,28)(H,31,32)(H4,20,22,25,26,30);/q;+2/p-2/t11-,12-;/m0./s1. The Morgan fingerprint density at radius 1 is 1.21 bits per heavy atom. The van der Waals surface area contributed by atoms with Gasteiger partial charge in [-0.15, -0.1) is 0 Å². The van der Waals surface area contributed by atoms with Crippen LogP contribution in [0, 0.1) is 0 Å². The summed E-state index contributed by atoms with van der Waals surface area (Å²) in [5.74, 6) is -3.27. The molecule has 0 aliphatic carbocycles. The molecule has 1 amide bonds. The monoisotopic (exact) mass is 483 g/mol. The van der Waals surface area contributed by atoms with Gasteiger partial charge in [0.2, 0.25) is 5.95 Å². The van der Waals surface area contributed by atoms with Crippen LogP contribution in [0.2, 0.25) is 0 Å². The molecule has 2 heterocycles. The average molecular weight is 483 g/mol. The van der Waals surface area contributed by atoms with Gasteiger partial charge in [0.1, 0.15) is 5.69 Å². The zero-order chi connectivity index (χ0) is 23.3. The molecule has 0 saturated heterocycles. The number of H-pyrrole nitrogens is 1. The Kier molecular flexibility index (Phi) is 9.32. The summed E-state index contributed by atoms with van der Waals surface area (Å²) in [7, 11) is 0. The van der Waals surface area contributed by atoms with Gasteiger partial charge >= 0.3 is 37.7 Å². The van der Waals surface area contributed by atoms with Crippen LogP contribution in [0.5, 0.6) is 0 Å². The SMILES string of the molecule is Nc1nc2c(c(=O)[nH]1)N[C@@H](CNc1ccc(C(=O)N[C@@H](CCC(=O)[O-])C(=O)[O-])cc1)CN2.[Ca+2]. The van der Waals surface area contributed by atoms with Crippen molar-refractivity contribution in [1.29, 1.82) is 0 Å². The van der Waals surface area contributed by atoms with Crippen LogP contribution in [-0.4, -0.2) is 90.7 Å². The Morgan fingerprint density at radius 2 is 1.91 bits per heavy atom. The number of aromatic amines is 1. The molecule has 0 fully saturated rings. The molecule has 2 atom stereocenters. The third kappa shape index (κ3) is 7.23. The molecule has 0 bridgehead atoms. The number of anilines is 4. The fraction of sp³-hybridized carbons (Fsp3) is 0.316. The molecule has 14 heteroatoms. The normalized spacial score (nSPS) is 15.0. The van der Waals surface area contributed by atoms with Gasteiger partial charge in [0.15, 0.2) is 5.82 Å². The van der Waals surface area contributed by atoms with Crippen molar-refractivity contribution in [2.45, 2.75) is 24.9 Å². The summed E-state index contributed by atoms with van der Waals surface area (Å²) in [5, 5.41) is 33.1. The maximum atomic E-state index is 12.2. The molecule has 1 aromatic carbocycles. The second-order valence-corrected chi connectivity index (χ2v) is 7.11. The number of benzene rings is 1. The van der Waals surface area contributed by atoms with Gasteiger partial charge < -0.3 is 46.8 Å². The number of amides is 1. The zero-order valence-corrected chi connectivity index (χ0v) is 19.7. The number of nitrogens with one attached hydrogen (secondary N) is 5. The number of carbonyl (C=O) groups excluding carboxylic acids is 3. The number of fused-ring (bicyclic) bond motifs is 1. The molecule has 7 N–H and O–H groups in total. The van der Waals surface area contributed by atoms with Gasteiger partial charge in [-0.2, -0.15) is 4.98 Å². The number of hydrogen-bond acceptors (Lipinski definition) is 11. The number of hydrogen-bond donors (Lipinski definition) is 6. The van der Waals surface area contributed by atoms with Crippen LogP contribution < -0.4 is 42.8 Å². The summed E-state index contributed by atoms with van der Waals surface area (Å²) in [4.78, 5) is 52.3. The molecule has 3 rings (SSSR count). The van der Waals surface area contributed by atoms with Crippen molar-refractivity contribution in [3.8, 4) is 0 Å². The molecule has 1 aliphatic rings. The summed E-state index contributed by atoms with van der Waals surface area (Å²) >= 11 is 0. The smallest absolute Gasteiger partial charge is 0.550 e. The summed E-state index contributed by atoms with van der Waals surface area (Å²) in [6.07, 6.45) is -0.863. The molecular weight excluding hydrogens is 462 g/mol. The molecular formula is C19H21CaN7O6. The number of nitrogens with zero attached hydrogens (tertiary/aromatic N) is 1. The third-order valence-electron chi connectivity index (χ3n) is 4.73. The molecule has 1 aromatic heterocycles. The van der Waals surface area contributed by atoms with E-state index in [9.17, 15) is 29.4 Å². The number of nitrogens with two attached hydrogens (primary N) is 1. The summed E-state index contributed by atoms with van der Waals surface area (Å²) in [5.41, 5.74) is 6.32. The van der Waals surface area contributed by atoms with Crippen LogP contribution >= 0.6 is 0 Å². The second kappa shape index (κ2) is 11.7. The Labute approximate surface area is 217 Å². The van der Waals surface area contributed by atoms with E-state index in [1.54, 1.807) is 12.1 Å². The molecule has 13 nitrogen and oxygen atoms in total. The Balaban J connectivity index is 0.00000385. The van der Waals surface area contributed by atoms with E-state index >= 15 is 0 Å². The quantitative estimate of drug-likeness (QED) is 0.194. The van der Waals surface area contributed by atoms with E-state index in [1.165, 1.54) is 12.1 Å². The minimum absolute atomic E-state index is 0. The van der Waals surface area contributed by atoms with Crippen LogP contribution in [0.15, 0.2) is 29.1 Å². The van der Waals surface area contributed by atoms with Crippen molar-refractivity contribution in [2.24, 2.45) is 0 Å². The van der Waals surface area contributed by atoms with Crippen molar-refractivity contribution < 1.29 is 24.6 Å². The Bertz CT molecular complexity index is 1080. The molecule has 0 saturated carbocycles. The van der Waals surface area contributed by atoms with Crippen LogP contribution in [0.25, 0.3) is 0 Å². The minimum Gasteiger partial charge on any atom is -0.550 e. The molecule has 2 aromatic rings. The predicted octanol–water partition coefficient (Wildman–Crippen LogP) is -3.33. The first-order valence-electron chi connectivity index (χ1n) is 9.68. The van der Waals surface area contributed by atoms with Gasteiger partial charge in [-0.05, 0) is 37.1 Å². The summed E-state index contributed by atoms with van der Waals surface area (Å²) in [6.45, 7) is 0.935. The molecule has 0 unspecified atom stereocenters. The van der Waals surface area contributed by atoms with E-state index in [2.05, 4.69) is 31.2 Å². The van der Waals surface area contributed by atoms with E-state index in [1.807, 2.05) is 0 Å². The van der Waals surface area contributed by atoms with Gasteiger partial charge in [0.25, 0.3) is 11.5 Å². The van der Waals surface area contributed by atoms with Gasteiger partial charge in [-0.1, -0.05) is 0 Å². The summed E-state index contributed by atoms with van der Waals surface area (Å²) < 4.78 is 0. The van der Waals surface area contributed by atoms with Crippen molar-refractivity contribution in [3.05, 3.63) is 40.2 Å². The van der Waals surface area contributed by atoms with Gasteiger partial charge in [0.05, 0.1) is 18.1 Å². The number of carboxylic acids is 2. The third-order valence-corrected chi connectivity index (χ3v) is 4.73. The van der Waals surface area contributed by atoms with E-state index in [-0.39, 0.29) is 67.3 Å². The Hall–Kier alpha value is -3.03. The fourth-order valence-electron chi connectivity index (χ4n) is 3.08. The average Bonchev–Trinajstić information content (AvgIpc) is 2.75. The van der Waals surface area contributed by atoms with Crippen molar-refractivity contribution in [1.82, 2.24) is 15.3 Å². The molecule has 0 radical (unpaired) electrons. The van der Waals surface area contributed by atoms with Gasteiger partial charge in [-0.25, -0.2) is 0 Å². The number of nitrogen functional groups attached to an aromatic ring is 1. The summed E-state index contributed by atoms with van der Waals surface area (Å²) in [6, 6.07) is 4.65. The van der Waals surface area contributed by atoms with Crippen LogP contribution in [0.4, 0.5) is 23.1 Å². The second-order valence-electron chi connectivity index (χ2n) is 7.11. The van der Waals surface area contributed by atoms with E-state index in [0.29, 0.717) is 30.3 Å². The fourth-order valence-corrected chi connectivity index (χ4v) is 3.08. The molecule has 0 spiro atoms. The van der Waals surface area contributed by atoms with Crippen molar-refractivity contribution in [2.75, 3.05) is 34.8 Å². The van der Waals surface area contributed by atoms with E-state index in [0.717, 1.165) is 0 Å². The largest absolute Gasteiger partial charge is 2.00 e. The number of carboxylic acid groups (broad SMARTS) is 2. The topological polar surface area (TPSA) is 217 Å². The molecule has 1 aliphatic heterocycles. The first-order chi connectivity index (χ1) is 15.2.